The normalized spacial score (nSPS) is 9.94. The van der Waals surface area contributed by atoms with Crippen molar-refractivity contribution < 1.29 is 23.4 Å². The average molecular weight is 228 g/mol. The molecule has 0 atom stereocenters. The van der Waals surface area contributed by atoms with Gasteiger partial charge in [0, 0.05) is 13.2 Å². The molecule has 0 aromatic heterocycles. The third-order valence-corrected chi connectivity index (χ3v) is 1.80. The van der Waals surface area contributed by atoms with Crippen LogP contribution in [-0.2, 0) is 4.74 Å². The zero-order valence-electron chi connectivity index (χ0n) is 9.16. The number of hydrogen-bond donors (Lipinski definition) is 0. The van der Waals surface area contributed by atoms with Gasteiger partial charge in [0.25, 0.3) is 0 Å². The number of benzene rings is 1. The van der Waals surface area contributed by atoms with Crippen LogP contribution in [0.5, 0.6) is 11.5 Å². The lowest BCUT2D eigenvalue weighted by Crippen LogP contribution is -2.04. The van der Waals surface area contributed by atoms with Crippen molar-refractivity contribution in [3.8, 4) is 11.5 Å². The topological polar surface area (TPSA) is 44.8 Å². The molecule has 1 aromatic carbocycles. The molecular weight excluding hydrogens is 215 g/mol. The van der Waals surface area contributed by atoms with Crippen molar-refractivity contribution in [2.45, 2.75) is 6.92 Å². The van der Waals surface area contributed by atoms with Crippen LogP contribution in [0.3, 0.4) is 0 Å². The fourth-order valence-electron chi connectivity index (χ4n) is 1.20. The van der Waals surface area contributed by atoms with E-state index in [1.165, 1.54) is 7.11 Å². The third-order valence-electron chi connectivity index (χ3n) is 1.80. The molecule has 0 saturated carbocycles. The predicted octanol–water partition coefficient (Wildman–Crippen LogP) is 2.02. The zero-order chi connectivity index (χ0) is 12.0. The second-order valence-electron chi connectivity index (χ2n) is 2.92. The fourth-order valence-corrected chi connectivity index (χ4v) is 1.20. The van der Waals surface area contributed by atoms with Crippen LogP contribution in [0.15, 0.2) is 12.1 Å². The number of ether oxygens (including phenoxy) is 3. The van der Waals surface area contributed by atoms with Gasteiger partial charge in [-0.1, -0.05) is 0 Å². The average Bonchev–Trinajstić information content (AvgIpc) is 2.29. The van der Waals surface area contributed by atoms with Crippen molar-refractivity contribution in [3.63, 3.8) is 0 Å². The molecule has 1 aromatic rings. The summed E-state index contributed by atoms with van der Waals surface area (Å²) in [7, 11) is 1.44. The van der Waals surface area contributed by atoms with Gasteiger partial charge in [0.1, 0.15) is 5.82 Å². The van der Waals surface area contributed by atoms with E-state index in [1.807, 2.05) is 0 Å². The van der Waals surface area contributed by atoms with Gasteiger partial charge < -0.3 is 14.2 Å². The molecule has 0 aliphatic carbocycles. The van der Waals surface area contributed by atoms with E-state index in [1.54, 1.807) is 6.92 Å². The summed E-state index contributed by atoms with van der Waals surface area (Å²) >= 11 is 0. The molecule has 0 saturated heterocycles. The predicted molar refractivity (Wildman–Crippen MR) is 55.5 cm³/mol. The first-order chi connectivity index (χ1) is 7.72. The highest BCUT2D eigenvalue weighted by Gasteiger charge is 2.13. The molecule has 0 unspecified atom stereocenters. The zero-order valence-corrected chi connectivity index (χ0v) is 9.16. The molecule has 0 aliphatic rings. The number of methoxy groups -OCH3 is 1. The summed E-state index contributed by atoms with van der Waals surface area (Å²) in [4.78, 5) is 10.7. The van der Waals surface area contributed by atoms with Crippen LogP contribution in [0.25, 0.3) is 0 Å². The third kappa shape index (κ3) is 2.93. The molecule has 0 amide bonds. The molecule has 0 aliphatic heterocycles. The summed E-state index contributed by atoms with van der Waals surface area (Å²) in [5.74, 6) is -0.168. The summed E-state index contributed by atoms with van der Waals surface area (Å²) in [6.45, 7) is 2.08. The van der Waals surface area contributed by atoms with Crippen molar-refractivity contribution in [2.24, 2.45) is 0 Å². The van der Waals surface area contributed by atoms with E-state index in [-0.39, 0.29) is 23.9 Å². The smallest absolute Gasteiger partial charge is 0.188 e. The van der Waals surface area contributed by atoms with Crippen LogP contribution in [-0.4, -0.2) is 26.8 Å². The second kappa shape index (κ2) is 6.07. The lowest BCUT2D eigenvalue weighted by molar-refractivity contribution is 0.0483. The highest BCUT2D eigenvalue weighted by atomic mass is 19.1. The SMILES string of the molecule is CCOc1c(C=O)cc(F)cc1OCOC. The van der Waals surface area contributed by atoms with Gasteiger partial charge in [0.2, 0.25) is 0 Å². The minimum atomic E-state index is -0.559. The summed E-state index contributed by atoms with van der Waals surface area (Å²) < 4.78 is 28.2. The van der Waals surface area contributed by atoms with E-state index >= 15 is 0 Å². The highest BCUT2D eigenvalue weighted by molar-refractivity contribution is 5.81. The van der Waals surface area contributed by atoms with Crippen molar-refractivity contribution in [2.75, 3.05) is 20.5 Å². The van der Waals surface area contributed by atoms with Gasteiger partial charge in [-0.05, 0) is 13.0 Å². The maximum absolute atomic E-state index is 13.1. The largest absolute Gasteiger partial charge is 0.489 e. The summed E-state index contributed by atoms with van der Waals surface area (Å²) in [6.07, 6.45) is 0.522. The fraction of sp³-hybridized carbons (Fsp3) is 0.364. The van der Waals surface area contributed by atoms with Gasteiger partial charge in [0.05, 0.1) is 12.2 Å². The number of rotatable bonds is 6. The lowest BCUT2D eigenvalue weighted by atomic mass is 10.2. The number of aldehydes is 1. The first kappa shape index (κ1) is 12.4. The van der Waals surface area contributed by atoms with Crippen LogP contribution in [0.1, 0.15) is 17.3 Å². The van der Waals surface area contributed by atoms with Gasteiger partial charge in [0.15, 0.2) is 24.6 Å². The van der Waals surface area contributed by atoms with Gasteiger partial charge in [-0.2, -0.15) is 0 Å². The maximum atomic E-state index is 13.1. The van der Waals surface area contributed by atoms with Crippen LogP contribution in [0.4, 0.5) is 4.39 Å². The van der Waals surface area contributed by atoms with Crippen LogP contribution < -0.4 is 9.47 Å². The molecule has 5 heteroatoms. The van der Waals surface area contributed by atoms with Crippen LogP contribution in [0, 0.1) is 5.82 Å². The van der Waals surface area contributed by atoms with Gasteiger partial charge in [-0.15, -0.1) is 0 Å². The molecule has 0 spiro atoms. The second-order valence-corrected chi connectivity index (χ2v) is 2.92. The van der Waals surface area contributed by atoms with E-state index in [2.05, 4.69) is 0 Å². The molecule has 0 bridgehead atoms. The van der Waals surface area contributed by atoms with Crippen molar-refractivity contribution in [3.05, 3.63) is 23.5 Å². The molecule has 0 heterocycles. The monoisotopic (exact) mass is 228 g/mol. The molecule has 16 heavy (non-hydrogen) atoms. The first-order valence-corrected chi connectivity index (χ1v) is 4.76. The van der Waals surface area contributed by atoms with Gasteiger partial charge >= 0.3 is 0 Å². The Hall–Kier alpha value is -1.62. The standard InChI is InChI=1S/C11H13FO4/c1-3-15-11-8(6-13)4-9(12)5-10(11)16-7-14-2/h4-6H,3,7H2,1-2H3. The quantitative estimate of drug-likeness (QED) is 0.552. The van der Waals surface area contributed by atoms with Gasteiger partial charge in [-0.25, -0.2) is 4.39 Å². The van der Waals surface area contributed by atoms with Crippen molar-refractivity contribution in [1.29, 1.82) is 0 Å². The molecule has 0 N–H and O–H groups in total. The summed E-state index contributed by atoms with van der Waals surface area (Å²) in [5, 5.41) is 0. The van der Waals surface area contributed by atoms with Crippen LogP contribution >= 0.6 is 0 Å². The summed E-state index contributed by atoms with van der Waals surface area (Å²) in [5.41, 5.74) is 0.118. The maximum Gasteiger partial charge on any atom is 0.188 e. The van der Waals surface area contributed by atoms with Gasteiger partial charge in [-0.3, -0.25) is 4.79 Å². The molecule has 88 valence electrons. The summed E-state index contributed by atoms with van der Waals surface area (Å²) in [6, 6.07) is 2.24. The Kier molecular flexibility index (Phi) is 4.72. The minimum absolute atomic E-state index is 0.0399. The van der Waals surface area contributed by atoms with Crippen molar-refractivity contribution >= 4 is 6.29 Å². The first-order valence-electron chi connectivity index (χ1n) is 4.76. The van der Waals surface area contributed by atoms with E-state index in [9.17, 15) is 9.18 Å². The number of hydrogen-bond acceptors (Lipinski definition) is 4. The Morgan fingerprint density at radius 3 is 2.69 bits per heavy atom. The number of halogens is 1. The minimum Gasteiger partial charge on any atom is -0.489 e. The Labute approximate surface area is 92.9 Å². The Balaban J connectivity index is 3.09. The number of carbonyl (C=O) groups excluding carboxylic acids is 1. The van der Waals surface area contributed by atoms with E-state index in [0.29, 0.717) is 12.9 Å². The molecule has 0 fully saturated rings. The Morgan fingerprint density at radius 1 is 1.38 bits per heavy atom. The molecule has 4 nitrogen and oxygen atoms in total. The van der Waals surface area contributed by atoms with E-state index in [4.69, 9.17) is 14.2 Å². The lowest BCUT2D eigenvalue weighted by Gasteiger charge is -2.13. The van der Waals surface area contributed by atoms with Crippen LogP contribution in [0.2, 0.25) is 0 Å². The molecule has 0 radical (unpaired) electrons. The molecular formula is C11H13FO4. The van der Waals surface area contributed by atoms with E-state index in [0.717, 1.165) is 12.1 Å². The highest BCUT2D eigenvalue weighted by Crippen LogP contribution is 2.31. The number of carbonyl (C=O) groups is 1. The molecule has 1 rings (SSSR count). The van der Waals surface area contributed by atoms with Crippen molar-refractivity contribution in [1.82, 2.24) is 0 Å². The Bertz CT molecular complexity index is 365. The van der Waals surface area contributed by atoms with E-state index < -0.39 is 5.82 Å². The Morgan fingerprint density at radius 2 is 2.12 bits per heavy atom.